The van der Waals surface area contributed by atoms with Crippen LogP contribution in [-0.2, 0) is 0 Å². The van der Waals surface area contributed by atoms with E-state index in [1.165, 1.54) is 5.56 Å². The quantitative estimate of drug-likeness (QED) is 0.481. The highest BCUT2D eigenvalue weighted by Crippen LogP contribution is 2.30. The minimum Gasteiger partial charge on any atom is -0.330 e. The molecule has 0 radical (unpaired) electrons. The number of benzene rings is 1. The number of pyridine rings is 2. The third-order valence-corrected chi connectivity index (χ3v) is 4.83. The summed E-state index contributed by atoms with van der Waals surface area (Å²) in [4.78, 5) is 13.2. The summed E-state index contributed by atoms with van der Waals surface area (Å²) >= 11 is 1.58. The molecule has 0 saturated heterocycles. The van der Waals surface area contributed by atoms with Crippen molar-refractivity contribution in [1.29, 1.82) is 0 Å². The largest absolute Gasteiger partial charge is 0.330 e. The Morgan fingerprint density at radius 2 is 1.44 bits per heavy atom. The van der Waals surface area contributed by atoms with Gasteiger partial charge < -0.3 is 5.32 Å². The number of aryl methyl sites for hydroxylation is 3. The van der Waals surface area contributed by atoms with Crippen LogP contribution >= 0.6 is 11.3 Å². The average molecular weight is 375 g/mol. The fraction of sp³-hybridized carbons (Fsp3) is 0.136. The van der Waals surface area contributed by atoms with Gasteiger partial charge in [0.15, 0.2) is 0 Å². The highest BCUT2D eigenvalue weighted by atomic mass is 32.1. The van der Waals surface area contributed by atoms with Gasteiger partial charge in [-0.2, -0.15) is 0 Å². The maximum absolute atomic E-state index is 4.44. The molecule has 3 heterocycles. The molecule has 27 heavy (non-hydrogen) atoms. The first kappa shape index (κ1) is 18.7. The van der Waals surface area contributed by atoms with E-state index in [0.29, 0.717) is 0 Å². The second kappa shape index (κ2) is 9.05. The van der Waals surface area contributed by atoms with Gasteiger partial charge >= 0.3 is 0 Å². The summed E-state index contributed by atoms with van der Waals surface area (Å²) in [7, 11) is 0. The van der Waals surface area contributed by atoms with Gasteiger partial charge in [0.25, 0.3) is 0 Å². The molecule has 5 heteroatoms. The van der Waals surface area contributed by atoms with Crippen molar-refractivity contribution in [1.82, 2.24) is 15.0 Å². The Labute approximate surface area is 164 Å². The van der Waals surface area contributed by atoms with Gasteiger partial charge in [-0.3, -0.25) is 4.98 Å². The number of nitrogens with zero attached hydrogens (tertiary/aromatic N) is 3. The molecule has 0 fully saturated rings. The Morgan fingerprint density at radius 3 is 2.07 bits per heavy atom. The molecule has 0 aliphatic rings. The normalized spacial score (nSPS) is 10.0. The van der Waals surface area contributed by atoms with Crippen LogP contribution in [0.15, 0.2) is 73.2 Å². The minimum absolute atomic E-state index is 0.862. The number of anilines is 2. The number of hydrogen-bond acceptors (Lipinski definition) is 5. The lowest BCUT2D eigenvalue weighted by Crippen LogP contribution is -1.93. The summed E-state index contributed by atoms with van der Waals surface area (Å²) in [5, 5.41) is 5.18. The summed E-state index contributed by atoms with van der Waals surface area (Å²) in [5.74, 6) is 0.862. The van der Waals surface area contributed by atoms with E-state index in [2.05, 4.69) is 39.3 Å². The van der Waals surface area contributed by atoms with Gasteiger partial charge in [-0.15, -0.1) is 0 Å². The Hall–Kier alpha value is -3.05. The molecule has 0 aliphatic heterocycles. The first-order chi connectivity index (χ1) is 13.1. The molecule has 4 rings (SSSR count). The van der Waals surface area contributed by atoms with E-state index in [1.54, 1.807) is 23.7 Å². The SMILES string of the molecule is Cc1ccccc1.Cc1cccnc1Nc1cnc(-c2ncccc2C)s1. The Balaban J connectivity index is 0.000000253. The van der Waals surface area contributed by atoms with Gasteiger partial charge in [0.1, 0.15) is 21.5 Å². The summed E-state index contributed by atoms with van der Waals surface area (Å²) in [5.41, 5.74) is 4.49. The third kappa shape index (κ3) is 5.21. The summed E-state index contributed by atoms with van der Waals surface area (Å²) in [6, 6.07) is 18.2. The van der Waals surface area contributed by atoms with Crippen molar-refractivity contribution >= 4 is 22.2 Å². The van der Waals surface area contributed by atoms with Crippen LogP contribution in [0, 0.1) is 20.8 Å². The van der Waals surface area contributed by atoms with E-state index in [4.69, 9.17) is 0 Å². The maximum Gasteiger partial charge on any atom is 0.144 e. The number of rotatable bonds is 3. The molecule has 0 aliphatic carbocycles. The predicted octanol–water partition coefficient (Wildman–Crippen LogP) is 5.96. The van der Waals surface area contributed by atoms with E-state index in [1.807, 2.05) is 62.5 Å². The van der Waals surface area contributed by atoms with Gasteiger partial charge in [-0.05, 0) is 44.0 Å². The van der Waals surface area contributed by atoms with Gasteiger partial charge in [-0.25, -0.2) is 9.97 Å². The maximum atomic E-state index is 4.44. The number of hydrogen-bond donors (Lipinski definition) is 1. The fourth-order valence-electron chi connectivity index (χ4n) is 2.42. The molecule has 3 aromatic heterocycles. The van der Waals surface area contributed by atoms with Crippen molar-refractivity contribution < 1.29 is 0 Å². The molecular formula is C22H22N4S. The van der Waals surface area contributed by atoms with Crippen LogP contribution in [0.25, 0.3) is 10.7 Å². The van der Waals surface area contributed by atoms with Crippen LogP contribution in [0.4, 0.5) is 10.8 Å². The van der Waals surface area contributed by atoms with Crippen molar-refractivity contribution in [3.05, 3.63) is 89.9 Å². The van der Waals surface area contributed by atoms with Gasteiger partial charge in [0.05, 0.1) is 6.20 Å². The summed E-state index contributed by atoms with van der Waals surface area (Å²) in [6.07, 6.45) is 5.39. The minimum atomic E-state index is 0.862. The molecule has 4 aromatic rings. The zero-order valence-electron chi connectivity index (χ0n) is 15.7. The molecule has 1 aromatic carbocycles. The van der Waals surface area contributed by atoms with Crippen LogP contribution in [0.5, 0.6) is 0 Å². The van der Waals surface area contributed by atoms with E-state index in [-0.39, 0.29) is 0 Å². The van der Waals surface area contributed by atoms with Crippen LogP contribution in [0.3, 0.4) is 0 Å². The predicted molar refractivity (Wildman–Crippen MR) is 114 cm³/mol. The molecule has 0 bridgehead atoms. The average Bonchev–Trinajstić information content (AvgIpc) is 3.13. The van der Waals surface area contributed by atoms with Crippen molar-refractivity contribution in [2.75, 3.05) is 5.32 Å². The molecule has 0 unspecified atom stereocenters. The Kier molecular flexibility index (Phi) is 6.28. The molecule has 1 N–H and O–H groups in total. The van der Waals surface area contributed by atoms with Crippen LogP contribution in [-0.4, -0.2) is 15.0 Å². The van der Waals surface area contributed by atoms with E-state index < -0.39 is 0 Å². The second-order valence-corrected chi connectivity index (χ2v) is 7.18. The van der Waals surface area contributed by atoms with Gasteiger partial charge in [0, 0.05) is 12.4 Å². The standard InChI is InChI=1S/C15H14N4S.C7H8/c1-10-5-3-7-16-13(10)15-18-9-12(20-15)19-14-11(2)6-4-8-17-14;1-7-5-3-2-4-6-7/h3-9H,1-2H3,(H,17,19);2-6H,1H3. The molecule has 0 saturated carbocycles. The van der Waals surface area contributed by atoms with E-state index in [9.17, 15) is 0 Å². The molecule has 136 valence electrons. The number of aromatic nitrogens is 3. The lowest BCUT2D eigenvalue weighted by molar-refractivity contribution is 1.24. The van der Waals surface area contributed by atoms with Gasteiger partial charge in [-0.1, -0.05) is 59.4 Å². The number of thiazole rings is 1. The van der Waals surface area contributed by atoms with Crippen LogP contribution in [0.2, 0.25) is 0 Å². The van der Waals surface area contributed by atoms with Crippen molar-refractivity contribution in [2.24, 2.45) is 0 Å². The zero-order chi connectivity index (χ0) is 19.1. The fourth-order valence-corrected chi connectivity index (χ4v) is 3.30. The van der Waals surface area contributed by atoms with Gasteiger partial charge in [0.2, 0.25) is 0 Å². The second-order valence-electron chi connectivity index (χ2n) is 6.15. The highest BCUT2D eigenvalue weighted by Gasteiger charge is 2.09. The molecule has 0 spiro atoms. The van der Waals surface area contributed by atoms with Crippen molar-refractivity contribution in [2.45, 2.75) is 20.8 Å². The van der Waals surface area contributed by atoms with Crippen molar-refractivity contribution in [3.8, 4) is 10.7 Å². The van der Waals surface area contributed by atoms with Crippen LogP contribution in [0.1, 0.15) is 16.7 Å². The zero-order valence-corrected chi connectivity index (χ0v) is 16.5. The number of nitrogens with one attached hydrogen (secondary N) is 1. The lowest BCUT2D eigenvalue weighted by atomic mass is 10.2. The topological polar surface area (TPSA) is 50.7 Å². The lowest BCUT2D eigenvalue weighted by Gasteiger charge is -2.04. The first-order valence-corrected chi connectivity index (χ1v) is 9.53. The van der Waals surface area contributed by atoms with E-state index in [0.717, 1.165) is 32.6 Å². The molecule has 0 atom stereocenters. The van der Waals surface area contributed by atoms with E-state index >= 15 is 0 Å². The monoisotopic (exact) mass is 374 g/mol. The molecule has 4 nitrogen and oxygen atoms in total. The molecular weight excluding hydrogens is 352 g/mol. The Morgan fingerprint density at radius 1 is 0.741 bits per heavy atom. The summed E-state index contributed by atoms with van der Waals surface area (Å²) < 4.78 is 0. The first-order valence-electron chi connectivity index (χ1n) is 8.71. The Bertz CT molecular complexity index is 996. The van der Waals surface area contributed by atoms with Crippen LogP contribution < -0.4 is 5.32 Å². The molecule has 0 amide bonds. The summed E-state index contributed by atoms with van der Waals surface area (Å²) in [6.45, 7) is 6.15. The third-order valence-electron chi connectivity index (χ3n) is 3.91. The van der Waals surface area contributed by atoms with Crippen molar-refractivity contribution in [3.63, 3.8) is 0 Å². The smallest absolute Gasteiger partial charge is 0.144 e. The highest BCUT2D eigenvalue weighted by molar-refractivity contribution is 7.18.